The van der Waals surface area contributed by atoms with Crippen LogP contribution in [0.1, 0.15) is 36.6 Å². The monoisotopic (exact) mass is 337 g/mol. The normalized spacial score (nSPS) is 11.3. The minimum atomic E-state index is -0.154. The molecule has 0 bridgehead atoms. The number of carbonyl (C=O) groups excluding carboxylic acids is 1. The van der Waals surface area contributed by atoms with Gasteiger partial charge in [-0.3, -0.25) is 0 Å². The summed E-state index contributed by atoms with van der Waals surface area (Å²) in [6.45, 7) is 4.97. The number of benzene rings is 2. The van der Waals surface area contributed by atoms with Crippen LogP contribution in [0.5, 0.6) is 5.75 Å². The number of urea groups is 1. The first kappa shape index (κ1) is 18.3. The zero-order valence-electron chi connectivity index (χ0n) is 14.8. The summed E-state index contributed by atoms with van der Waals surface area (Å²) >= 11 is 0. The van der Waals surface area contributed by atoms with E-state index in [4.69, 9.17) is 10.00 Å². The molecule has 5 nitrogen and oxygen atoms in total. The van der Waals surface area contributed by atoms with Crippen LogP contribution in [0, 0.1) is 11.3 Å². The van der Waals surface area contributed by atoms with Crippen molar-refractivity contribution in [3.8, 4) is 11.8 Å². The van der Waals surface area contributed by atoms with Gasteiger partial charge in [-0.15, -0.1) is 0 Å². The summed E-state index contributed by atoms with van der Waals surface area (Å²) in [5, 5.41) is 11.8. The number of hydrogen-bond donors (Lipinski definition) is 1. The van der Waals surface area contributed by atoms with Crippen molar-refractivity contribution in [2.45, 2.75) is 26.4 Å². The maximum atomic E-state index is 12.4. The second-order valence-corrected chi connectivity index (χ2v) is 5.84. The van der Waals surface area contributed by atoms with Crippen molar-refractivity contribution in [1.29, 1.82) is 5.26 Å². The molecular weight excluding hydrogens is 314 g/mol. The van der Waals surface area contributed by atoms with E-state index in [2.05, 4.69) is 11.4 Å². The SMILES string of the molecule is CCOc1cccc([C@H](C)NC(=O)N(C)Cc2ccc(C#N)cc2)c1. The first-order valence-corrected chi connectivity index (χ1v) is 8.27. The molecule has 0 unspecified atom stereocenters. The number of rotatable bonds is 6. The average Bonchev–Trinajstić information content (AvgIpc) is 2.62. The lowest BCUT2D eigenvalue weighted by Crippen LogP contribution is -2.38. The Morgan fingerprint density at radius 3 is 2.64 bits per heavy atom. The zero-order chi connectivity index (χ0) is 18.2. The number of nitriles is 1. The Labute approximate surface area is 148 Å². The van der Waals surface area contributed by atoms with E-state index in [1.165, 1.54) is 0 Å². The van der Waals surface area contributed by atoms with Crippen molar-refractivity contribution in [3.63, 3.8) is 0 Å². The highest BCUT2D eigenvalue weighted by Crippen LogP contribution is 2.19. The summed E-state index contributed by atoms with van der Waals surface area (Å²) in [6, 6.07) is 16.8. The fourth-order valence-corrected chi connectivity index (χ4v) is 2.45. The summed E-state index contributed by atoms with van der Waals surface area (Å²) in [5.74, 6) is 0.798. The molecule has 0 saturated carbocycles. The largest absolute Gasteiger partial charge is 0.494 e. The fraction of sp³-hybridized carbons (Fsp3) is 0.300. The maximum absolute atomic E-state index is 12.4. The molecule has 0 aliphatic carbocycles. The van der Waals surface area contributed by atoms with E-state index in [0.29, 0.717) is 18.7 Å². The van der Waals surface area contributed by atoms with Gasteiger partial charge in [0, 0.05) is 13.6 Å². The minimum absolute atomic E-state index is 0.128. The molecule has 0 spiro atoms. The van der Waals surface area contributed by atoms with Crippen LogP contribution in [0.3, 0.4) is 0 Å². The molecule has 0 fully saturated rings. The highest BCUT2D eigenvalue weighted by molar-refractivity contribution is 5.74. The molecule has 0 aromatic heterocycles. The summed E-state index contributed by atoms with van der Waals surface area (Å²) in [4.78, 5) is 14.0. The highest BCUT2D eigenvalue weighted by Gasteiger charge is 2.14. The van der Waals surface area contributed by atoms with Gasteiger partial charge in [0.25, 0.3) is 0 Å². The third-order valence-electron chi connectivity index (χ3n) is 3.86. The minimum Gasteiger partial charge on any atom is -0.494 e. The van der Waals surface area contributed by atoms with E-state index in [1.54, 1.807) is 24.1 Å². The van der Waals surface area contributed by atoms with Gasteiger partial charge in [-0.1, -0.05) is 24.3 Å². The van der Waals surface area contributed by atoms with Crippen molar-refractivity contribution in [3.05, 3.63) is 65.2 Å². The summed E-state index contributed by atoms with van der Waals surface area (Å²) in [5.41, 5.74) is 2.58. The van der Waals surface area contributed by atoms with Gasteiger partial charge < -0.3 is 15.0 Å². The predicted octanol–water partition coefficient (Wildman–Crippen LogP) is 3.86. The average molecular weight is 337 g/mol. The molecule has 1 N–H and O–H groups in total. The van der Waals surface area contributed by atoms with Gasteiger partial charge in [-0.2, -0.15) is 5.26 Å². The first-order chi connectivity index (χ1) is 12.0. The third kappa shape index (κ3) is 5.25. The number of nitrogens with zero attached hydrogens (tertiary/aromatic N) is 2. The molecule has 0 heterocycles. The van der Waals surface area contributed by atoms with Crippen molar-refractivity contribution in [2.24, 2.45) is 0 Å². The number of ether oxygens (including phenoxy) is 1. The van der Waals surface area contributed by atoms with Gasteiger partial charge >= 0.3 is 6.03 Å². The van der Waals surface area contributed by atoms with Crippen molar-refractivity contribution >= 4 is 6.03 Å². The van der Waals surface area contributed by atoms with Gasteiger partial charge in [0.05, 0.1) is 24.3 Å². The molecule has 5 heteroatoms. The Kier molecular flexibility index (Phi) is 6.41. The highest BCUT2D eigenvalue weighted by atomic mass is 16.5. The number of carbonyl (C=O) groups is 1. The van der Waals surface area contributed by atoms with Crippen LogP contribution in [0.25, 0.3) is 0 Å². The van der Waals surface area contributed by atoms with Crippen LogP contribution in [0.15, 0.2) is 48.5 Å². The van der Waals surface area contributed by atoms with Crippen LogP contribution in [0.2, 0.25) is 0 Å². The van der Waals surface area contributed by atoms with Crippen molar-refractivity contribution in [2.75, 3.05) is 13.7 Å². The molecule has 1 atom stereocenters. The van der Waals surface area contributed by atoms with E-state index in [9.17, 15) is 4.79 Å². The van der Waals surface area contributed by atoms with Crippen molar-refractivity contribution in [1.82, 2.24) is 10.2 Å². The van der Waals surface area contributed by atoms with Crippen LogP contribution in [-0.2, 0) is 6.54 Å². The van der Waals surface area contributed by atoms with E-state index in [0.717, 1.165) is 16.9 Å². The molecule has 130 valence electrons. The van der Waals surface area contributed by atoms with Crippen molar-refractivity contribution < 1.29 is 9.53 Å². The van der Waals surface area contributed by atoms with Crippen LogP contribution in [-0.4, -0.2) is 24.6 Å². The molecule has 0 aliphatic heterocycles. The van der Waals surface area contributed by atoms with Crippen LogP contribution in [0.4, 0.5) is 4.79 Å². The number of nitrogens with one attached hydrogen (secondary N) is 1. The molecule has 2 aromatic carbocycles. The predicted molar refractivity (Wildman–Crippen MR) is 97.2 cm³/mol. The Morgan fingerprint density at radius 2 is 2.00 bits per heavy atom. The molecular formula is C20H23N3O2. The zero-order valence-corrected chi connectivity index (χ0v) is 14.8. The quantitative estimate of drug-likeness (QED) is 0.870. The van der Waals surface area contributed by atoms with E-state index >= 15 is 0 Å². The molecule has 25 heavy (non-hydrogen) atoms. The Bertz CT molecular complexity index is 750. The van der Waals surface area contributed by atoms with E-state index in [1.807, 2.05) is 50.2 Å². The van der Waals surface area contributed by atoms with Gasteiger partial charge in [0.15, 0.2) is 0 Å². The van der Waals surface area contributed by atoms with E-state index < -0.39 is 0 Å². The molecule has 0 radical (unpaired) electrons. The molecule has 0 aliphatic rings. The van der Waals surface area contributed by atoms with Gasteiger partial charge in [0.2, 0.25) is 0 Å². The summed E-state index contributed by atoms with van der Waals surface area (Å²) < 4.78 is 5.50. The second-order valence-electron chi connectivity index (χ2n) is 5.84. The molecule has 2 amide bonds. The lowest BCUT2D eigenvalue weighted by atomic mass is 10.1. The van der Waals surface area contributed by atoms with Crippen LogP contribution < -0.4 is 10.1 Å². The molecule has 0 saturated heterocycles. The van der Waals surface area contributed by atoms with Crippen LogP contribution >= 0.6 is 0 Å². The first-order valence-electron chi connectivity index (χ1n) is 8.27. The smallest absolute Gasteiger partial charge is 0.317 e. The topological polar surface area (TPSA) is 65.4 Å². The summed E-state index contributed by atoms with van der Waals surface area (Å²) in [6.07, 6.45) is 0. The Hall–Kier alpha value is -3.00. The van der Waals surface area contributed by atoms with Gasteiger partial charge in [-0.05, 0) is 49.2 Å². The third-order valence-corrected chi connectivity index (χ3v) is 3.86. The lowest BCUT2D eigenvalue weighted by molar-refractivity contribution is 0.203. The molecule has 2 rings (SSSR count). The Balaban J connectivity index is 1.95. The number of amides is 2. The van der Waals surface area contributed by atoms with E-state index in [-0.39, 0.29) is 12.1 Å². The second kappa shape index (κ2) is 8.74. The Morgan fingerprint density at radius 1 is 1.28 bits per heavy atom. The maximum Gasteiger partial charge on any atom is 0.317 e. The standard InChI is InChI=1S/C20H23N3O2/c1-4-25-19-7-5-6-18(12-19)15(2)22-20(24)23(3)14-17-10-8-16(13-21)9-11-17/h5-12,15H,4,14H2,1-3H3,(H,22,24)/t15-/m0/s1. The fourth-order valence-electron chi connectivity index (χ4n) is 2.45. The number of hydrogen-bond acceptors (Lipinski definition) is 3. The molecule has 2 aromatic rings. The summed E-state index contributed by atoms with van der Waals surface area (Å²) in [7, 11) is 1.75. The lowest BCUT2D eigenvalue weighted by Gasteiger charge is -2.22. The van der Waals surface area contributed by atoms with Gasteiger partial charge in [-0.25, -0.2) is 4.79 Å². The van der Waals surface area contributed by atoms with Gasteiger partial charge in [0.1, 0.15) is 5.75 Å².